The zero-order valence-corrected chi connectivity index (χ0v) is 14.1. The third kappa shape index (κ3) is 2.83. The van der Waals surface area contributed by atoms with Crippen LogP contribution in [-0.2, 0) is 5.54 Å². The maximum Gasteiger partial charge on any atom is 0.256 e. The molecule has 1 atom stereocenters. The van der Waals surface area contributed by atoms with E-state index in [9.17, 15) is 4.79 Å². The summed E-state index contributed by atoms with van der Waals surface area (Å²) in [5, 5.41) is 0. The number of likely N-dealkylation sites (tertiary alicyclic amines) is 1. The van der Waals surface area contributed by atoms with E-state index in [0.717, 1.165) is 42.3 Å². The van der Waals surface area contributed by atoms with Crippen molar-refractivity contribution in [1.82, 2.24) is 19.9 Å². The Morgan fingerprint density at radius 1 is 1.13 bits per heavy atom. The Labute approximate surface area is 136 Å². The highest BCUT2D eigenvalue weighted by Gasteiger charge is 2.43. The molecule has 1 fully saturated rings. The molecule has 1 aliphatic heterocycles. The minimum atomic E-state index is -0.460. The molecular formula is C18H22N4O. The molecule has 0 bridgehead atoms. The highest BCUT2D eigenvalue weighted by atomic mass is 16.2. The Bertz CT molecular complexity index is 721. The van der Waals surface area contributed by atoms with Crippen molar-refractivity contribution < 1.29 is 4.79 Å². The molecule has 2 aromatic heterocycles. The largest absolute Gasteiger partial charge is 0.326 e. The SMILES string of the molecule is Cc1ccc(C(=O)N2CCC[C@@]2(C)c2nc(C)cc(C)n2)cn1. The van der Waals surface area contributed by atoms with Gasteiger partial charge < -0.3 is 4.90 Å². The second kappa shape index (κ2) is 5.72. The summed E-state index contributed by atoms with van der Waals surface area (Å²) in [5.41, 5.74) is 2.94. The van der Waals surface area contributed by atoms with Gasteiger partial charge in [0, 0.05) is 29.8 Å². The van der Waals surface area contributed by atoms with Crippen molar-refractivity contribution in [3.05, 3.63) is 52.9 Å². The van der Waals surface area contributed by atoms with Gasteiger partial charge in [0.05, 0.1) is 5.56 Å². The fourth-order valence-electron chi connectivity index (χ4n) is 3.24. The summed E-state index contributed by atoms with van der Waals surface area (Å²) in [6.07, 6.45) is 3.48. The fourth-order valence-corrected chi connectivity index (χ4v) is 3.24. The van der Waals surface area contributed by atoms with Crippen molar-refractivity contribution in [1.29, 1.82) is 0 Å². The van der Waals surface area contributed by atoms with E-state index in [0.29, 0.717) is 5.56 Å². The van der Waals surface area contributed by atoms with Crippen LogP contribution in [0.2, 0.25) is 0 Å². The molecule has 0 saturated carbocycles. The van der Waals surface area contributed by atoms with Crippen molar-refractivity contribution >= 4 is 5.91 Å². The van der Waals surface area contributed by atoms with Gasteiger partial charge in [-0.15, -0.1) is 0 Å². The fraction of sp³-hybridized carbons (Fsp3) is 0.444. The maximum absolute atomic E-state index is 12.9. The second-order valence-corrected chi connectivity index (χ2v) is 6.50. The van der Waals surface area contributed by atoms with E-state index >= 15 is 0 Å². The standard InChI is InChI=1S/C18H22N4O/c1-12-6-7-15(11-19-12)16(23)22-9-5-8-18(22,4)17-20-13(2)10-14(3)21-17/h6-7,10-11H,5,8-9H2,1-4H3/t18-/m0/s1. The summed E-state index contributed by atoms with van der Waals surface area (Å²) in [4.78, 5) is 28.3. The van der Waals surface area contributed by atoms with E-state index < -0.39 is 5.54 Å². The van der Waals surface area contributed by atoms with Gasteiger partial charge in [-0.05, 0) is 58.7 Å². The molecule has 5 nitrogen and oxygen atoms in total. The first-order chi connectivity index (χ1) is 10.9. The van der Waals surface area contributed by atoms with Gasteiger partial charge in [0.1, 0.15) is 5.54 Å². The molecule has 3 rings (SSSR count). The maximum atomic E-state index is 12.9. The number of carbonyl (C=O) groups excluding carboxylic acids is 1. The van der Waals surface area contributed by atoms with Crippen molar-refractivity contribution in [3.8, 4) is 0 Å². The number of aryl methyl sites for hydroxylation is 3. The molecule has 0 N–H and O–H groups in total. The number of pyridine rings is 1. The third-order valence-electron chi connectivity index (χ3n) is 4.51. The number of nitrogens with zero attached hydrogens (tertiary/aromatic N) is 4. The van der Waals surface area contributed by atoms with Crippen LogP contribution in [0.1, 0.15) is 53.0 Å². The van der Waals surface area contributed by atoms with Crippen LogP contribution in [-0.4, -0.2) is 32.3 Å². The zero-order chi connectivity index (χ0) is 16.6. The number of hydrogen-bond acceptors (Lipinski definition) is 4. The van der Waals surface area contributed by atoms with Crippen LogP contribution < -0.4 is 0 Å². The molecule has 120 valence electrons. The van der Waals surface area contributed by atoms with Crippen LogP contribution in [0.5, 0.6) is 0 Å². The molecule has 1 aliphatic rings. The summed E-state index contributed by atoms with van der Waals surface area (Å²) >= 11 is 0. The molecular weight excluding hydrogens is 288 g/mol. The van der Waals surface area contributed by atoms with Gasteiger partial charge in [-0.3, -0.25) is 9.78 Å². The topological polar surface area (TPSA) is 59.0 Å². The van der Waals surface area contributed by atoms with E-state index in [-0.39, 0.29) is 5.91 Å². The molecule has 1 amide bonds. The smallest absolute Gasteiger partial charge is 0.256 e. The highest BCUT2D eigenvalue weighted by Crippen LogP contribution is 2.37. The summed E-state index contributed by atoms with van der Waals surface area (Å²) < 4.78 is 0. The summed E-state index contributed by atoms with van der Waals surface area (Å²) in [6, 6.07) is 5.66. The lowest BCUT2D eigenvalue weighted by Crippen LogP contribution is -2.44. The van der Waals surface area contributed by atoms with E-state index in [1.807, 2.05) is 43.9 Å². The van der Waals surface area contributed by atoms with Gasteiger partial charge in [-0.1, -0.05) is 0 Å². The Morgan fingerprint density at radius 3 is 2.43 bits per heavy atom. The van der Waals surface area contributed by atoms with Gasteiger partial charge in [0.2, 0.25) is 0 Å². The lowest BCUT2D eigenvalue weighted by atomic mass is 9.96. The summed E-state index contributed by atoms with van der Waals surface area (Å²) in [5.74, 6) is 0.737. The Balaban J connectivity index is 1.98. The van der Waals surface area contributed by atoms with E-state index in [1.165, 1.54) is 0 Å². The summed E-state index contributed by atoms with van der Waals surface area (Å²) in [7, 11) is 0. The average molecular weight is 310 g/mol. The van der Waals surface area contributed by atoms with Crippen LogP contribution in [0.25, 0.3) is 0 Å². The van der Waals surface area contributed by atoms with Crippen molar-refractivity contribution in [2.75, 3.05) is 6.54 Å². The number of carbonyl (C=O) groups is 1. The molecule has 0 unspecified atom stereocenters. The number of rotatable bonds is 2. The molecule has 0 aromatic carbocycles. The molecule has 5 heteroatoms. The molecule has 0 radical (unpaired) electrons. The number of hydrogen-bond donors (Lipinski definition) is 0. The second-order valence-electron chi connectivity index (χ2n) is 6.50. The van der Waals surface area contributed by atoms with Crippen LogP contribution in [0.3, 0.4) is 0 Å². The van der Waals surface area contributed by atoms with Crippen LogP contribution >= 0.6 is 0 Å². The minimum Gasteiger partial charge on any atom is -0.326 e. The number of aromatic nitrogens is 3. The average Bonchev–Trinajstić information content (AvgIpc) is 2.89. The van der Waals surface area contributed by atoms with Crippen molar-refractivity contribution in [2.45, 2.75) is 46.1 Å². The molecule has 0 spiro atoms. The molecule has 1 saturated heterocycles. The van der Waals surface area contributed by atoms with E-state index in [1.54, 1.807) is 6.20 Å². The van der Waals surface area contributed by atoms with Gasteiger partial charge in [0.15, 0.2) is 5.82 Å². The first-order valence-corrected chi connectivity index (χ1v) is 7.97. The van der Waals surface area contributed by atoms with Gasteiger partial charge in [0.25, 0.3) is 5.91 Å². The molecule has 0 aliphatic carbocycles. The molecule has 23 heavy (non-hydrogen) atoms. The van der Waals surface area contributed by atoms with Crippen LogP contribution in [0.15, 0.2) is 24.4 Å². The third-order valence-corrected chi connectivity index (χ3v) is 4.51. The predicted octanol–water partition coefficient (Wildman–Crippen LogP) is 2.95. The Kier molecular flexibility index (Phi) is 3.88. The normalized spacial score (nSPS) is 20.8. The molecule has 2 aromatic rings. The predicted molar refractivity (Wildman–Crippen MR) is 88.1 cm³/mol. The minimum absolute atomic E-state index is 0.000240. The lowest BCUT2D eigenvalue weighted by Gasteiger charge is -2.34. The van der Waals surface area contributed by atoms with E-state index in [2.05, 4.69) is 21.9 Å². The van der Waals surface area contributed by atoms with Gasteiger partial charge in [-0.25, -0.2) is 9.97 Å². The monoisotopic (exact) mass is 310 g/mol. The van der Waals surface area contributed by atoms with Crippen molar-refractivity contribution in [2.24, 2.45) is 0 Å². The first-order valence-electron chi connectivity index (χ1n) is 7.97. The molecule has 3 heterocycles. The number of amides is 1. The van der Waals surface area contributed by atoms with Gasteiger partial charge in [-0.2, -0.15) is 0 Å². The quantitative estimate of drug-likeness (QED) is 0.855. The highest BCUT2D eigenvalue weighted by molar-refractivity contribution is 5.94. The van der Waals surface area contributed by atoms with Crippen molar-refractivity contribution in [3.63, 3.8) is 0 Å². The Morgan fingerprint density at radius 2 is 1.83 bits per heavy atom. The summed E-state index contributed by atoms with van der Waals surface area (Å²) in [6.45, 7) is 8.63. The van der Waals surface area contributed by atoms with E-state index in [4.69, 9.17) is 0 Å². The Hall–Kier alpha value is -2.30. The van der Waals surface area contributed by atoms with Crippen LogP contribution in [0, 0.1) is 20.8 Å². The van der Waals surface area contributed by atoms with Crippen LogP contribution in [0.4, 0.5) is 0 Å². The lowest BCUT2D eigenvalue weighted by molar-refractivity contribution is 0.0603. The zero-order valence-electron chi connectivity index (χ0n) is 14.1. The van der Waals surface area contributed by atoms with Gasteiger partial charge >= 0.3 is 0 Å². The first kappa shape index (κ1) is 15.6.